The molecule has 6 heteroatoms. The number of hydrogen-bond donors (Lipinski definition) is 0. The van der Waals surface area contributed by atoms with Crippen LogP contribution in [0.4, 0.5) is 0 Å². The molecule has 0 radical (unpaired) electrons. The molecule has 72 valence electrons. The van der Waals surface area contributed by atoms with Gasteiger partial charge in [0, 0.05) is 6.26 Å². The first-order valence-electron chi connectivity index (χ1n) is 3.36. The fourth-order valence-electron chi connectivity index (χ4n) is 0.749. The second kappa shape index (κ2) is 4.91. The molecule has 1 heterocycles. The van der Waals surface area contributed by atoms with Gasteiger partial charge in [0.25, 0.3) is 0 Å². The number of pyridine rings is 1. The van der Waals surface area contributed by atoms with Gasteiger partial charge < -0.3 is 0 Å². The lowest BCUT2D eigenvalue weighted by atomic mass is 10.3. The predicted molar refractivity (Wildman–Crippen MR) is 53.1 cm³/mol. The summed E-state index contributed by atoms with van der Waals surface area (Å²) in [5, 5.41) is 0.598. The molecular weight excluding hydrogens is 233 g/mol. The zero-order valence-corrected chi connectivity index (χ0v) is 9.12. The van der Waals surface area contributed by atoms with E-state index in [0.29, 0.717) is 10.3 Å². The summed E-state index contributed by atoms with van der Waals surface area (Å²) >= 11 is 9.99. The first-order valence-corrected chi connectivity index (χ1v) is 5.60. The lowest BCUT2D eigenvalue weighted by Gasteiger charge is -2.01. The summed E-state index contributed by atoms with van der Waals surface area (Å²) < 4.78 is 15.5. The van der Waals surface area contributed by atoms with E-state index in [1.165, 1.54) is 6.26 Å². The zero-order valence-electron chi connectivity index (χ0n) is 6.79. The highest BCUT2D eigenvalue weighted by atomic mass is 35.5. The van der Waals surface area contributed by atoms with Crippen LogP contribution in [-0.2, 0) is 21.9 Å². The van der Waals surface area contributed by atoms with Crippen molar-refractivity contribution in [1.82, 2.24) is 4.98 Å². The molecule has 1 atom stereocenters. The summed E-state index contributed by atoms with van der Waals surface area (Å²) in [6.45, 7) is 0.213. The fraction of sp³-hybridized carbons (Fsp3) is 0.286. The second-order valence-corrected chi connectivity index (χ2v) is 4.10. The molecule has 0 aliphatic rings. The van der Waals surface area contributed by atoms with Crippen LogP contribution in [0.1, 0.15) is 5.56 Å². The molecule has 0 spiro atoms. The average molecular weight is 240 g/mol. The van der Waals surface area contributed by atoms with E-state index >= 15 is 0 Å². The van der Waals surface area contributed by atoms with Crippen LogP contribution in [0.15, 0.2) is 12.1 Å². The summed E-state index contributed by atoms with van der Waals surface area (Å²) in [6.07, 6.45) is 1.45. The highest BCUT2D eigenvalue weighted by molar-refractivity contribution is 7.79. The van der Waals surface area contributed by atoms with Crippen LogP contribution < -0.4 is 0 Å². The molecule has 0 aliphatic heterocycles. The van der Waals surface area contributed by atoms with Gasteiger partial charge >= 0.3 is 0 Å². The van der Waals surface area contributed by atoms with E-state index in [4.69, 9.17) is 27.4 Å². The van der Waals surface area contributed by atoms with Gasteiger partial charge in [0.1, 0.15) is 10.3 Å². The topological polar surface area (TPSA) is 39.2 Å². The van der Waals surface area contributed by atoms with Crippen LogP contribution in [-0.4, -0.2) is 15.4 Å². The van der Waals surface area contributed by atoms with Gasteiger partial charge in [0.05, 0.1) is 6.61 Å². The molecule has 3 nitrogen and oxygen atoms in total. The number of nitrogens with zero attached hydrogens (tertiary/aromatic N) is 1. The molecule has 0 aliphatic carbocycles. The first kappa shape index (κ1) is 10.9. The van der Waals surface area contributed by atoms with Crippen molar-refractivity contribution in [3.05, 3.63) is 28.0 Å². The molecule has 0 aromatic carbocycles. The second-order valence-electron chi connectivity index (χ2n) is 2.28. The molecule has 1 unspecified atom stereocenters. The molecule has 1 aromatic rings. The first-order chi connectivity index (χ1) is 6.08. The number of hydrogen-bond acceptors (Lipinski definition) is 3. The van der Waals surface area contributed by atoms with E-state index in [9.17, 15) is 4.21 Å². The minimum Gasteiger partial charge on any atom is -0.286 e. The molecule has 1 rings (SSSR count). The van der Waals surface area contributed by atoms with E-state index in [-0.39, 0.29) is 6.61 Å². The Labute approximate surface area is 88.7 Å². The third-order valence-electron chi connectivity index (χ3n) is 1.21. The van der Waals surface area contributed by atoms with Crippen molar-refractivity contribution in [3.8, 4) is 0 Å². The Kier molecular flexibility index (Phi) is 4.12. The molecule has 1 aromatic heterocycles. The predicted octanol–water partition coefficient (Wildman–Crippen LogP) is 2.20. The number of rotatable bonds is 3. The SMILES string of the molecule is CS(=O)OCc1cc(Cl)nc(Cl)c1. The van der Waals surface area contributed by atoms with E-state index in [0.717, 1.165) is 5.56 Å². The van der Waals surface area contributed by atoms with Gasteiger partial charge in [0.15, 0.2) is 11.1 Å². The van der Waals surface area contributed by atoms with Crippen molar-refractivity contribution in [2.75, 3.05) is 6.26 Å². The van der Waals surface area contributed by atoms with E-state index in [1.807, 2.05) is 0 Å². The Hall–Kier alpha value is -0.160. The molecule has 0 saturated heterocycles. The maximum atomic E-state index is 10.6. The van der Waals surface area contributed by atoms with Gasteiger partial charge in [-0.15, -0.1) is 0 Å². The number of aromatic nitrogens is 1. The Morgan fingerprint density at radius 2 is 2.00 bits per heavy atom. The van der Waals surface area contributed by atoms with Crippen molar-refractivity contribution in [3.63, 3.8) is 0 Å². The maximum absolute atomic E-state index is 10.6. The smallest absolute Gasteiger partial charge is 0.152 e. The van der Waals surface area contributed by atoms with Crippen LogP contribution >= 0.6 is 23.2 Å². The Morgan fingerprint density at radius 1 is 1.46 bits per heavy atom. The Bertz CT molecular complexity index is 312. The molecule has 0 fully saturated rings. The molecule has 0 N–H and O–H groups in total. The van der Waals surface area contributed by atoms with Gasteiger partial charge in [-0.05, 0) is 17.7 Å². The van der Waals surface area contributed by atoms with Crippen molar-refractivity contribution >= 4 is 34.3 Å². The normalized spacial score (nSPS) is 12.8. The van der Waals surface area contributed by atoms with Gasteiger partial charge in [0.2, 0.25) is 0 Å². The Balaban J connectivity index is 2.71. The van der Waals surface area contributed by atoms with Crippen LogP contribution in [0.3, 0.4) is 0 Å². The number of halogens is 2. The average Bonchev–Trinajstić information content (AvgIpc) is 1.99. The van der Waals surface area contributed by atoms with E-state index in [2.05, 4.69) is 4.98 Å². The van der Waals surface area contributed by atoms with Crippen molar-refractivity contribution in [2.24, 2.45) is 0 Å². The minimum atomic E-state index is -1.29. The lowest BCUT2D eigenvalue weighted by Crippen LogP contribution is -1.95. The fourth-order valence-corrected chi connectivity index (χ4v) is 1.56. The van der Waals surface area contributed by atoms with Gasteiger partial charge in [-0.25, -0.2) is 9.19 Å². The van der Waals surface area contributed by atoms with E-state index < -0.39 is 11.1 Å². The molecule has 0 saturated carbocycles. The quantitative estimate of drug-likeness (QED) is 0.760. The molecule has 0 bridgehead atoms. The summed E-state index contributed by atoms with van der Waals surface area (Å²) in [7, 11) is 0. The summed E-state index contributed by atoms with van der Waals surface area (Å²) in [5.74, 6) is 0. The van der Waals surface area contributed by atoms with Crippen LogP contribution in [0.25, 0.3) is 0 Å². The standard InChI is InChI=1S/C7H7Cl2NO2S/c1-13(11)12-4-5-2-6(8)10-7(9)3-5/h2-3H,4H2,1H3. The molecule has 13 heavy (non-hydrogen) atoms. The van der Waals surface area contributed by atoms with Crippen molar-refractivity contribution in [1.29, 1.82) is 0 Å². The molecular formula is C7H7Cl2NO2S. The summed E-state index contributed by atoms with van der Waals surface area (Å²) in [5.41, 5.74) is 0.750. The third-order valence-corrected chi connectivity index (χ3v) is 2.05. The lowest BCUT2D eigenvalue weighted by molar-refractivity contribution is 0.340. The van der Waals surface area contributed by atoms with Crippen LogP contribution in [0, 0.1) is 0 Å². The van der Waals surface area contributed by atoms with Gasteiger partial charge in [-0.3, -0.25) is 4.18 Å². The minimum absolute atomic E-state index is 0.213. The van der Waals surface area contributed by atoms with Gasteiger partial charge in [-0.1, -0.05) is 23.2 Å². The third kappa shape index (κ3) is 4.04. The summed E-state index contributed by atoms with van der Waals surface area (Å²) in [4.78, 5) is 3.76. The van der Waals surface area contributed by atoms with Crippen molar-refractivity contribution < 1.29 is 8.39 Å². The van der Waals surface area contributed by atoms with Gasteiger partial charge in [-0.2, -0.15) is 0 Å². The monoisotopic (exact) mass is 239 g/mol. The highest BCUT2D eigenvalue weighted by Crippen LogP contribution is 2.15. The van der Waals surface area contributed by atoms with Crippen LogP contribution in [0.5, 0.6) is 0 Å². The largest absolute Gasteiger partial charge is 0.286 e. The molecule has 0 amide bonds. The summed E-state index contributed by atoms with van der Waals surface area (Å²) in [6, 6.07) is 3.22. The van der Waals surface area contributed by atoms with E-state index in [1.54, 1.807) is 12.1 Å². The van der Waals surface area contributed by atoms with Crippen LogP contribution in [0.2, 0.25) is 10.3 Å². The zero-order chi connectivity index (χ0) is 9.84. The Morgan fingerprint density at radius 3 is 2.46 bits per heavy atom. The van der Waals surface area contributed by atoms with Crippen molar-refractivity contribution in [2.45, 2.75) is 6.61 Å². The highest BCUT2D eigenvalue weighted by Gasteiger charge is 2.00. The maximum Gasteiger partial charge on any atom is 0.152 e.